The molecule has 0 saturated heterocycles. The molecule has 0 fully saturated rings. The largest absolute Gasteiger partial charge is 0.459 e. The summed E-state index contributed by atoms with van der Waals surface area (Å²) in [5.41, 5.74) is 3.66. The van der Waals surface area contributed by atoms with E-state index in [0.29, 0.717) is 17.2 Å². The van der Waals surface area contributed by atoms with Gasteiger partial charge in [0.2, 0.25) is 5.91 Å². The number of ether oxygens (including phenoxy) is 1. The molecule has 2 aromatic rings. The lowest BCUT2D eigenvalue weighted by Crippen LogP contribution is -2.35. The Morgan fingerprint density at radius 1 is 1.33 bits per heavy atom. The summed E-state index contributed by atoms with van der Waals surface area (Å²) in [5.74, 6) is -1.65. The van der Waals surface area contributed by atoms with Crippen LogP contribution in [0.15, 0.2) is 23.6 Å². The van der Waals surface area contributed by atoms with Crippen molar-refractivity contribution in [3.8, 4) is 11.3 Å². The summed E-state index contributed by atoms with van der Waals surface area (Å²) in [7, 11) is 0. The van der Waals surface area contributed by atoms with E-state index in [0.717, 1.165) is 23.2 Å². The molecule has 7 nitrogen and oxygen atoms in total. The van der Waals surface area contributed by atoms with Crippen molar-refractivity contribution in [1.29, 1.82) is 0 Å². The molecule has 27 heavy (non-hydrogen) atoms. The second-order valence-corrected chi connectivity index (χ2v) is 7.08. The summed E-state index contributed by atoms with van der Waals surface area (Å²) in [6, 6.07) is 6.02. The van der Waals surface area contributed by atoms with Gasteiger partial charge in [0.15, 0.2) is 5.13 Å². The van der Waals surface area contributed by atoms with Crippen molar-refractivity contribution in [2.24, 2.45) is 0 Å². The summed E-state index contributed by atoms with van der Waals surface area (Å²) in [4.78, 5) is 41.5. The zero-order valence-electron chi connectivity index (χ0n) is 15.4. The van der Waals surface area contributed by atoms with Crippen molar-refractivity contribution >= 4 is 39.9 Å². The molecule has 0 spiro atoms. The number of carbonyl (C=O) groups is 3. The fourth-order valence-electron chi connectivity index (χ4n) is 3.15. The van der Waals surface area contributed by atoms with Gasteiger partial charge in [-0.15, -0.1) is 11.3 Å². The highest BCUT2D eigenvalue weighted by molar-refractivity contribution is 7.14. The Morgan fingerprint density at radius 2 is 2.11 bits per heavy atom. The molecule has 3 rings (SSSR count). The van der Waals surface area contributed by atoms with E-state index >= 15 is 0 Å². The number of benzene rings is 1. The number of fused-ring (bicyclic) bond motifs is 1. The van der Waals surface area contributed by atoms with Gasteiger partial charge in [-0.1, -0.05) is 13.0 Å². The number of hydrogen-bond acceptors (Lipinski definition) is 6. The van der Waals surface area contributed by atoms with E-state index in [9.17, 15) is 14.4 Å². The molecule has 0 unspecified atom stereocenters. The molecule has 0 aliphatic carbocycles. The van der Waals surface area contributed by atoms with Crippen LogP contribution in [-0.2, 0) is 25.5 Å². The van der Waals surface area contributed by atoms with E-state index in [-0.39, 0.29) is 18.6 Å². The summed E-state index contributed by atoms with van der Waals surface area (Å²) < 4.78 is 4.66. The third kappa shape index (κ3) is 3.85. The standard InChI is InChI=1S/C19H21N3O4S/c1-4-16(23)22-11(3)8-13-9-12(6-7-15(13)22)14-10-27-19(20-14)21-17(24)18(25)26-5-2/h6-7,9-11H,4-5,8H2,1-3H3,(H,20,21,24)/t11-/m1/s1. The van der Waals surface area contributed by atoms with Crippen LogP contribution in [0.3, 0.4) is 0 Å². The smallest absolute Gasteiger partial charge is 0.397 e. The zero-order valence-corrected chi connectivity index (χ0v) is 16.3. The Hall–Kier alpha value is -2.74. The number of nitrogens with one attached hydrogen (secondary N) is 1. The van der Waals surface area contributed by atoms with Crippen LogP contribution in [0.1, 0.15) is 32.8 Å². The lowest BCUT2D eigenvalue weighted by molar-refractivity contribution is -0.152. The quantitative estimate of drug-likeness (QED) is 0.644. The first-order valence-corrected chi connectivity index (χ1v) is 9.71. The Morgan fingerprint density at radius 3 is 2.81 bits per heavy atom. The maximum atomic E-state index is 12.2. The van der Waals surface area contributed by atoms with Crippen LogP contribution < -0.4 is 10.2 Å². The Kier molecular flexibility index (Phi) is 5.55. The van der Waals surface area contributed by atoms with Gasteiger partial charge in [-0.2, -0.15) is 0 Å². The maximum absolute atomic E-state index is 12.2. The number of amides is 2. The van der Waals surface area contributed by atoms with Gasteiger partial charge in [0.05, 0.1) is 12.3 Å². The Balaban J connectivity index is 1.78. The second-order valence-electron chi connectivity index (χ2n) is 6.23. The highest BCUT2D eigenvalue weighted by atomic mass is 32.1. The van der Waals surface area contributed by atoms with Crippen LogP contribution in [0.25, 0.3) is 11.3 Å². The zero-order chi connectivity index (χ0) is 19.6. The molecule has 0 bridgehead atoms. The van der Waals surface area contributed by atoms with E-state index in [1.165, 1.54) is 11.3 Å². The molecular formula is C19H21N3O4S. The van der Waals surface area contributed by atoms with Gasteiger partial charge >= 0.3 is 11.9 Å². The first kappa shape index (κ1) is 19.0. The molecule has 1 aliphatic heterocycles. The van der Waals surface area contributed by atoms with Crippen molar-refractivity contribution in [2.45, 2.75) is 39.7 Å². The van der Waals surface area contributed by atoms with Gasteiger partial charge in [-0.05, 0) is 38.0 Å². The Bertz CT molecular complexity index is 893. The number of aromatic nitrogens is 1. The minimum atomic E-state index is -0.929. The van der Waals surface area contributed by atoms with Crippen molar-refractivity contribution in [3.05, 3.63) is 29.1 Å². The molecule has 1 atom stereocenters. The van der Waals surface area contributed by atoms with Gasteiger partial charge in [-0.3, -0.25) is 14.9 Å². The van der Waals surface area contributed by atoms with E-state index in [1.807, 2.05) is 42.3 Å². The topological polar surface area (TPSA) is 88.6 Å². The van der Waals surface area contributed by atoms with Gasteiger partial charge in [-0.25, -0.2) is 9.78 Å². The lowest BCUT2D eigenvalue weighted by atomic mass is 10.1. The molecule has 1 aliphatic rings. The third-order valence-corrected chi connectivity index (χ3v) is 5.11. The predicted molar refractivity (Wildman–Crippen MR) is 104 cm³/mol. The average Bonchev–Trinajstić information content (AvgIpc) is 3.24. The van der Waals surface area contributed by atoms with Crippen LogP contribution in [0, 0.1) is 0 Å². The van der Waals surface area contributed by atoms with Gasteiger partial charge in [0.25, 0.3) is 0 Å². The predicted octanol–water partition coefficient (Wildman–Crippen LogP) is 3.00. The van der Waals surface area contributed by atoms with Gasteiger partial charge < -0.3 is 9.64 Å². The SMILES string of the molecule is CCOC(=O)C(=O)Nc1nc(-c2ccc3c(c2)C[C@@H](C)N3C(=O)CC)cs1. The fourth-order valence-corrected chi connectivity index (χ4v) is 3.86. The van der Waals surface area contributed by atoms with Gasteiger partial charge in [0, 0.05) is 29.1 Å². The van der Waals surface area contributed by atoms with Crippen LogP contribution in [0.5, 0.6) is 0 Å². The monoisotopic (exact) mass is 387 g/mol. The first-order chi connectivity index (χ1) is 12.9. The highest BCUT2D eigenvalue weighted by Gasteiger charge is 2.30. The van der Waals surface area contributed by atoms with Crippen LogP contribution in [0.2, 0.25) is 0 Å². The average molecular weight is 387 g/mol. The molecule has 0 saturated carbocycles. The van der Waals surface area contributed by atoms with Crippen molar-refractivity contribution < 1.29 is 19.1 Å². The van der Waals surface area contributed by atoms with Crippen LogP contribution >= 0.6 is 11.3 Å². The molecular weight excluding hydrogens is 366 g/mol. The number of anilines is 2. The molecule has 1 aromatic carbocycles. The highest BCUT2D eigenvalue weighted by Crippen LogP contribution is 2.36. The van der Waals surface area contributed by atoms with Crippen molar-refractivity contribution in [1.82, 2.24) is 4.98 Å². The number of thiazole rings is 1. The number of esters is 1. The van der Waals surface area contributed by atoms with E-state index < -0.39 is 11.9 Å². The van der Waals surface area contributed by atoms with Crippen molar-refractivity contribution in [2.75, 3.05) is 16.8 Å². The molecule has 2 heterocycles. The molecule has 142 valence electrons. The maximum Gasteiger partial charge on any atom is 0.397 e. The number of rotatable bonds is 4. The van der Waals surface area contributed by atoms with Crippen LogP contribution in [0.4, 0.5) is 10.8 Å². The number of carbonyl (C=O) groups excluding carboxylic acids is 3. The minimum absolute atomic E-state index is 0.117. The van der Waals surface area contributed by atoms with Crippen molar-refractivity contribution in [3.63, 3.8) is 0 Å². The normalized spacial score (nSPS) is 15.4. The number of nitrogens with zero attached hydrogens (tertiary/aromatic N) is 2. The van der Waals surface area contributed by atoms with Crippen LogP contribution in [-0.4, -0.2) is 35.4 Å². The molecule has 8 heteroatoms. The first-order valence-electron chi connectivity index (χ1n) is 8.83. The molecule has 1 N–H and O–H groups in total. The van der Waals surface area contributed by atoms with E-state index in [4.69, 9.17) is 0 Å². The third-order valence-electron chi connectivity index (χ3n) is 4.35. The molecule has 1 aromatic heterocycles. The number of hydrogen-bond donors (Lipinski definition) is 1. The van der Waals surface area contributed by atoms with E-state index in [1.54, 1.807) is 6.92 Å². The molecule has 0 radical (unpaired) electrons. The Labute approximate surface area is 161 Å². The lowest BCUT2D eigenvalue weighted by Gasteiger charge is -2.22. The summed E-state index contributed by atoms with van der Waals surface area (Å²) >= 11 is 1.24. The fraction of sp³-hybridized carbons (Fsp3) is 0.368. The van der Waals surface area contributed by atoms with Gasteiger partial charge in [0.1, 0.15) is 0 Å². The molecule has 2 amide bonds. The summed E-state index contributed by atoms with van der Waals surface area (Å²) in [5, 5.41) is 4.60. The summed E-state index contributed by atoms with van der Waals surface area (Å²) in [6.45, 7) is 5.68. The minimum Gasteiger partial charge on any atom is -0.459 e. The second kappa shape index (κ2) is 7.87. The van der Waals surface area contributed by atoms with E-state index in [2.05, 4.69) is 15.0 Å². The summed E-state index contributed by atoms with van der Waals surface area (Å²) in [6.07, 6.45) is 1.27.